The number of rotatable bonds is 6. The number of aliphatic imine (C=N–C) groups is 1. The van der Waals surface area contributed by atoms with E-state index >= 15 is 0 Å². The van der Waals surface area contributed by atoms with Gasteiger partial charge >= 0.3 is 12.0 Å². The van der Waals surface area contributed by atoms with E-state index in [-0.39, 0.29) is 18.0 Å². The van der Waals surface area contributed by atoms with Gasteiger partial charge < -0.3 is 20.3 Å². The summed E-state index contributed by atoms with van der Waals surface area (Å²) in [7, 11) is 0. The van der Waals surface area contributed by atoms with E-state index in [1.54, 1.807) is 11.8 Å². The van der Waals surface area contributed by atoms with E-state index in [4.69, 9.17) is 9.73 Å². The molecule has 8 heteroatoms. The number of ether oxygens (including phenoxy) is 1. The molecule has 2 heterocycles. The zero-order valence-electron chi connectivity index (χ0n) is 19.8. The zero-order chi connectivity index (χ0) is 24.1. The predicted molar refractivity (Wildman–Crippen MR) is 138 cm³/mol. The van der Waals surface area contributed by atoms with Gasteiger partial charge in [-0.2, -0.15) is 0 Å². The highest BCUT2D eigenvalue weighted by molar-refractivity contribution is 8.13. The summed E-state index contributed by atoms with van der Waals surface area (Å²) >= 11 is 1.72. The average molecular weight is 479 g/mol. The lowest BCUT2D eigenvalue weighted by Crippen LogP contribution is -2.42. The van der Waals surface area contributed by atoms with Crippen molar-refractivity contribution in [3.05, 3.63) is 70.9 Å². The molecule has 0 radical (unpaired) electrons. The molecule has 2 aromatic rings. The SMILES string of the molecule is CCOC(=O)C1=C(C)N=C2SCCCN2[C@@H]1c1ccc(NC(=O)Nc2ccccc2CC)cc1. The zero-order valence-corrected chi connectivity index (χ0v) is 20.6. The van der Waals surface area contributed by atoms with Crippen molar-refractivity contribution in [3.63, 3.8) is 0 Å². The van der Waals surface area contributed by atoms with Gasteiger partial charge in [-0.3, -0.25) is 0 Å². The fourth-order valence-corrected chi connectivity index (χ4v) is 5.29. The summed E-state index contributed by atoms with van der Waals surface area (Å²) in [6.45, 7) is 6.87. The van der Waals surface area contributed by atoms with Crippen LogP contribution in [-0.4, -0.2) is 41.0 Å². The molecule has 2 aromatic carbocycles. The van der Waals surface area contributed by atoms with Crippen molar-refractivity contribution in [2.45, 2.75) is 39.7 Å². The van der Waals surface area contributed by atoms with Crippen molar-refractivity contribution in [3.8, 4) is 0 Å². The number of fused-ring (bicyclic) bond motifs is 1. The summed E-state index contributed by atoms with van der Waals surface area (Å²) in [5.41, 5.74) is 4.78. The van der Waals surface area contributed by atoms with Gasteiger partial charge in [0.2, 0.25) is 0 Å². The van der Waals surface area contributed by atoms with Crippen molar-refractivity contribution >= 4 is 40.3 Å². The second kappa shape index (κ2) is 10.8. The van der Waals surface area contributed by atoms with E-state index in [1.807, 2.05) is 62.4 Å². The third kappa shape index (κ3) is 5.12. The maximum Gasteiger partial charge on any atom is 0.338 e. The Kier molecular flexibility index (Phi) is 7.57. The van der Waals surface area contributed by atoms with Gasteiger partial charge in [0.15, 0.2) is 5.17 Å². The number of hydrogen-bond donors (Lipinski definition) is 2. The van der Waals surface area contributed by atoms with Crippen molar-refractivity contribution in [2.24, 2.45) is 4.99 Å². The van der Waals surface area contributed by atoms with Gasteiger partial charge in [-0.1, -0.05) is 49.0 Å². The van der Waals surface area contributed by atoms with E-state index in [2.05, 4.69) is 22.5 Å². The lowest BCUT2D eigenvalue weighted by molar-refractivity contribution is -0.139. The van der Waals surface area contributed by atoms with Crippen LogP contribution in [0.25, 0.3) is 0 Å². The first-order chi connectivity index (χ1) is 16.5. The highest BCUT2D eigenvalue weighted by Crippen LogP contribution is 2.40. The molecule has 0 aromatic heterocycles. The third-order valence-corrected chi connectivity index (χ3v) is 6.96. The van der Waals surface area contributed by atoms with Gasteiger partial charge in [-0.15, -0.1) is 0 Å². The molecule has 2 aliphatic rings. The topological polar surface area (TPSA) is 83.0 Å². The van der Waals surface area contributed by atoms with Crippen LogP contribution in [-0.2, 0) is 16.0 Å². The minimum atomic E-state index is -0.334. The van der Waals surface area contributed by atoms with Crippen LogP contribution >= 0.6 is 11.8 Å². The number of urea groups is 1. The van der Waals surface area contributed by atoms with Crippen molar-refractivity contribution in [2.75, 3.05) is 29.5 Å². The van der Waals surface area contributed by atoms with Crippen molar-refractivity contribution in [1.82, 2.24) is 4.90 Å². The summed E-state index contributed by atoms with van der Waals surface area (Å²) < 4.78 is 5.37. The number of hydrogen-bond acceptors (Lipinski definition) is 6. The van der Waals surface area contributed by atoms with Crippen LogP contribution in [0.15, 0.2) is 64.8 Å². The molecule has 7 nitrogen and oxygen atoms in total. The Morgan fingerprint density at radius 3 is 2.62 bits per heavy atom. The van der Waals surface area contributed by atoms with Gasteiger partial charge in [0.05, 0.1) is 23.9 Å². The van der Waals surface area contributed by atoms with E-state index in [0.29, 0.717) is 23.6 Å². The van der Waals surface area contributed by atoms with Crippen LogP contribution in [0.1, 0.15) is 44.4 Å². The molecule has 0 aliphatic carbocycles. The molecule has 34 heavy (non-hydrogen) atoms. The number of esters is 1. The number of aryl methyl sites for hydroxylation is 1. The fraction of sp³-hybridized carbons (Fsp3) is 0.346. The van der Waals surface area contributed by atoms with Crippen molar-refractivity contribution in [1.29, 1.82) is 0 Å². The number of nitrogens with one attached hydrogen (secondary N) is 2. The number of allylic oxidation sites excluding steroid dienone is 1. The lowest BCUT2D eigenvalue weighted by atomic mass is 9.94. The molecule has 1 fully saturated rings. The Bertz CT molecular complexity index is 1130. The molecule has 178 valence electrons. The largest absolute Gasteiger partial charge is 0.463 e. The first-order valence-corrected chi connectivity index (χ1v) is 12.6. The van der Waals surface area contributed by atoms with Crippen LogP contribution in [0.3, 0.4) is 0 Å². The molecular weight excluding hydrogens is 448 g/mol. The summed E-state index contributed by atoms with van der Waals surface area (Å²) in [5, 5.41) is 6.76. The van der Waals surface area contributed by atoms with E-state index in [1.165, 1.54) is 0 Å². The molecule has 2 amide bonds. The van der Waals surface area contributed by atoms with Crippen LogP contribution < -0.4 is 10.6 Å². The number of amides is 2. The summed E-state index contributed by atoms with van der Waals surface area (Å²) in [5.74, 6) is 0.683. The minimum absolute atomic E-state index is 0.265. The number of anilines is 2. The standard InChI is InChI=1S/C26H30N4O3S/c1-4-18-9-6-7-10-21(18)29-25(32)28-20-13-11-19(12-14-20)23-22(24(31)33-5-2)17(3)27-26-30(23)15-8-16-34-26/h6-7,9-14,23H,4-5,8,15-16H2,1-3H3,(H2,28,29,32)/t23-/m1/s1. The average Bonchev–Trinajstić information content (AvgIpc) is 2.84. The van der Waals surface area contributed by atoms with E-state index in [0.717, 1.165) is 47.1 Å². The smallest absolute Gasteiger partial charge is 0.338 e. The third-order valence-electron chi connectivity index (χ3n) is 5.88. The number of benzene rings is 2. The minimum Gasteiger partial charge on any atom is -0.463 e. The molecule has 4 rings (SSSR count). The quantitative estimate of drug-likeness (QED) is 0.530. The normalized spacial score (nSPS) is 17.6. The second-order valence-electron chi connectivity index (χ2n) is 8.12. The summed E-state index contributed by atoms with van der Waals surface area (Å²) in [4.78, 5) is 32.3. The van der Waals surface area contributed by atoms with Crippen LogP contribution in [0.2, 0.25) is 0 Å². The lowest BCUT2D eigenvalue weighted by Gasteiger charge is -2.40. The Morgan fingerprint density at radius 2 is 1.88 bits per heavy atom. The van der Waals surface area contributed by atoms with Crippen molar-refractivity contribution < 1.29 is 14.3 Å². The van der Waals surface area contributed by atoms with E-state index < -0.39 is 0 Å². The molecular formula is C26H30N4O3S. The highest BCUT2D eigenvalue weighted by atomic mass is 32.2. The van der Waals surface area contributed by atoms with Gasteiger partial charge in [0.25, 0.3) is 0 Å². The van der Waals surface area contributed by atoms with Gasteiger partial charge in [0.1, 0.15) is 0 Å². The molecule has 0 spiro atoms. The Balaban J connectivity index is 1.55. The molecule has 1 saturated heterocycles. The number of carbonyl (C=O) groups is 2. The second-order valence-corrected chi connectivity index (χ2v) is 9.19. The summed E-state index contributed by atoms with van der Waals surface area (Å²) in [6.07, 6.45) is 1.86. The highest BCUT2D eigenvalue weighted by Gasteiger charge is 2.37. The monoisotopic (exact) mass is 478 g/mol. The Hall–Kier alpha value is -3.26. The van der Waals surface area contributed by atoms with Gasteiger partial charge in [0, 0.05) is 23.7 Å². The molecule has 0 bridgehead atoms. The van der Waals surface area contributed by atoms with Crippen LogP contribution in [0.4, 0.5) is 16.2 Å². The van der Waals surface area contributed by atoms with Crippen LogP contribution in [0.5, 0.6) is 0 Å². The molecule has 2 aliphatic heterocycles. The molecule has 1 atom stereocenters. The number of para-hydroxylation sites is 1. The fourth-order valence-electron chi connectivity index (χ4n) is 4.27. The molecule has 0 unspecified atom stereocenters. The Morgan fingerprint density at radius 1 is 1.12 bits per heavy atom. The first kappa shape index (κ1) is 23.9. The van der Waals surface area contributed by atoms with Gasteiger partial charge in [-0.25, -0.2) is 14.6 Å². The number of carbonyl (C=O) groups excluding carboxylic acids is 2. The van der Waals surface area contributed by atoms with Gasteiger partial charge in [-0.05, 0) is 56.0 Å². The predicted octanol–water partition coefficient (Wildman–Crippen LogP) is 5.58. The first-order valence-electron chi connectivity index (χ1n) is 11.6. The number of thioether (sulfide) groups is 1. The summed E-state index contributed by atoms with van der Waals surface area (Å²) in [6, 6.07) is 14.8. The maximum atomic E-state index is 12.9. The number of amidine groups is 1. The Labute approximate surface area is 204 Å². The van der Waals surface area contributed by atoms with E-state index in [9.17, 15) is 9.59 Å². The van der Waals surface area contributed by atoms with Crippen LogP contribution in [0, 0.1) is 0 Å². The maximum absolute atomic E-state index is 12.9. The molecule has 2 N–H and O–H groups in total. The number of nitrogens with zero attached hydrogens (tertiary/aromatic N) is 2. The molecule has 0 saturated carbocycles.